The summed E-state index contributed by atoms with van der Waals surface area (Å²) in [4.78, 5) is 26.9. The molecule has 4 aliphatic rings. The Morgan fingerprint density at radius 3 is 2.53 bits per heavy atom. The number of rotatable bonds is 11. The van der Waals surface area contributed by atoms with Gasteiger partial charge in [-0.3, -0.25) is 9.59 Å². The lowest BCUT2D eigenvalue weighted by Gasteiger charge is -2.48. The molecule has 4 aliphatic heterocycles. The summed E-state index contributed by atoms with van der Waals surface area (Å²) < 4.78 is 45.6. The van der Waals surface area contributed by atoms with Gasteiger partial charge in [0.2, 0.25) is 12.0 Å². The fourth-order valence-electron chi connectivity index (χ4n) is 9.28. The van der Waals surface area contributed by atoms with Crippen LogP contribution in [0.1, 0.15) is 52.7 Å². The molecule has 3 aromatic carbocycles. The summed E-state index contributed by atoms with van der Waals surface area (Å²) >= 11 is 0. The molecule has 0 aliphatic carbocycles. The van der Waals surface area contributed by atoms with Gasteiger partial charge in [-0.2, -0.15) is 0 Å². The van der Waals surface area contributed by atoms with Crippen molar-refractivity contribution in [3.8, 4) is 28.7 Å². The maximum atomic E-state index is 12.5. The number of hydrogen-bond donors (Lipinski definition) is 7. The molecule has 9 N–H and O–H groups in total. The summed E-state index contributed by atoms with van der Waals surface area (Å²) in [6.07, 6.45) is -5.86. The van der Waals surface area contributed by atoms with Crippen molar-refractivity contribution in [1.29, 1.82) is 0 Å². The van der Waals surface area contributed by atoms with Gasteiger partial charge in [-0.25, -0.2) is 0 Å². The van der Waals surface area contributed by atoms with E-state index in [2.05, 4.69) is 4.98 Å². The highest BCUT2D eigenvalue weighted by molar-refractivity contribution is 5.90. The lowest BCUT2D eigenvalue weighted by atomic mass is 9.78. The van der Waals surface area contributed by atoms with Crippen LogP contribution >= 0.6 is 0 Å². The molecule has 0 bridgehead atoms. The third kappa shape index (κ3) is 6.67. The van der Waals surface area contributed by atoms with Gasteiger partial charge in [-0.15, -0.1) is 0 Å². The minimum absolute atomic E-state index is 0.143. The van der Waals surface area contributed by atoms with E-state index in [1.54, 1.807) is 20.3 Å². The summed E-state index contributed by atoms with van der Waals surface area (Å²) in [6.45, 7) is 0.314. The number of nitrogens with two attached hydrogens (primary N) is 2. The monoisotopic (exact) mass is 826 g/mol. The number of aliphatic carboxylic acids is 1. The number of aromatic nitrogens is 2. The van der Waals surface area contributed by atoms with Crippen molar-refractivity contribution in [2.75, 3.05) is 14.2 Å². The molecule has 0 radical (unpaired) electrons. The van der Waals surface area contributed by atoms with Gasteiger partial charge in [-0.1, -0.05) is 36.4 Å². The van der Waals surface area contributed by atoms with Crippen LogP contribution in [0, 0.1) is 0 Å². The molecule has 1 fully saturated rings. The van der Waals surface area contributed by atoms with Crippen LogP contribution in [0.5, 0.6) is 28.7 Å². The predicted molar refractivity (Wildman–Crippen MR) is 211 cm³/mol. The number of methoxy groups -OCH3 is 2. The SMILES string of the molecule is COc1ccc2c(c1OC)O[C@H]1c3c(cc4c(c3Cn3cc5cc[nH]c5c3)CC[C@]3(O)[C@H](O4)O[C@H]([C@H](OC(=O)CC(=O)O)C(N)N)[C@@H](O)[C@@H]3O)O[C@@H](Cc3ccccc3)[C@@H]21. The van der Waals surface area contributed by atoms with Crippen LogP contribution in [-0.4, -0.2) is 105 Å². The predicted octanol–water partition coefficient (Wildman–Crippen LogP) is 2.39. The highest BCUT2D eigenvalue weighted by Gasteiger charge is 2.60. The van der Waals surface area contributed by atoms with E-state index < -0.39 is 73.0 Å². The number of carboxylic acids is 1. The standard InChI is InChI=1S/C43H46N4O13/c1-54-26-9-8-23-32-28(14-20-6-4-3-5-7-20)56-29-15-27-22(24(18-47-17-21-11-13-46-25(21)19-47)33(29)37(32)59-35(23)36(26)55-2)10-12-43(53)40(52)34(51)38(60-42(43)57-27)39(41(44)45)58-31(50)16-30(48)49/h3-9,11,13,15,17,19,28,32,34,37-42,46,51-53H,10,12,14,16,18,44-45H2,1-2H3,(H,48,49)/t28-,32+,34+,37+,38-,39-,40-,42+,43+/m0/s1. The molecular formula is C43H46N4O13. The summed E-state index contributed by atoms with van der Waals surface area (Å²) in [5.74, 6) is -0.716. The van der Waals surface area contributed by atoms with E-state index in [-0.39, 0.29) is 24.5 Å². The van der Waals surface area contributed by atoms with E-state index in [1.807, 2.05) is 71.7 Å². The Labute approximate surface area is 343 Å². The summed E-state index contributed by atoms with van der Waals surface area (Å²) in [5.41, 5.74) is 14.8. The summed E-state index contributed by atoms with van der Waals surface area (Å²) in [5, 5.41) is 45.4. The summed E-state index contributed by atoms with van der Waals surface area (Å²) in [6, 6.07) is 17.5. The zero-order chi connectivity index (χ0) is 42.0. The zero-order valence-corrected chi connectivity index (χ0v) is 32.7. The number of esters is 1. The number of carboxylic acid groups (broad SMARTS) is 1. The Hall–Kier alpha value is -5.82. The first-order valence-electron chi connectivity index (χ1n) is 19.6. The number of hydrogen-bond acceptors (Lipinski definition) is 14. The normalized spacial score (nSPS) is 26.8. The topological polar surface area (TPSA) is 252 Å². The molecule has 6 heterocycles. The number of ether oxygens (including phenoxy) is 7. The average molecular weight is 827 g/mol. The van der Waals surface area contributed by atoms with Gasteiger partial charge in [0, 0.05) is 59.7 Å². The second-order valence-corrected chi connectivity index (χ2v) is 15.7. The van der Waals surface area contributed by atoms with Crippen LogP contribution in [0.2, 0.25) is 0 Å². The van der Waals surface area contributed by atoms with E-state index >= 15 is 0 Å². The number of aliphatic hydroxyl groups excluding tert-OH is 2. The third-order valence-electron chi connectivity index (χ3n) is 12.1. The Morgan fingerprint density at radius 1 is 1.02 bits per heavy atom. The lowest BCUT2D eigenvalue weighted by molar-refractivity contribution is -0.329. The molecule has 0 unspecified atom stereocenters. The van der Waals surface area contributed by atoms with E-state index in [9.17, 15) is 24.9 Å². The van der Waals surface area contributed by atoms with Crippen LogP contribution in [0.25, 0.3) is 10.9 Å². The molecule has 60 heavy (non-hydrogen) atoms. The largest absolute Gasteiger partial charge is 0.493 e. The van der Waals surface area contributed by atoms with Crippen molar-refractivity contribution < 1.29 is 63.2 Å². The Bertz CT molecular complexity index is 2410. The Balaban J connectivity index is 1.17. The Morgan fingerprint density at radius 2 is 1.82 bits per heavy atom. The van der Waals surface area contributed by atoms with Crippen LogP contribution in [0.15, 0.2) is 73.2 Å². The molecule has 9 atom stereocenters. The molecule has 2 aromatic heterocycles. The number of carbonyl (C=O) groups excluding carboxylic acids is 1. The maximum absolute atomic E-state index is 12.5. The van der Waals surface area contributed by atoms with Crippen LogP contribution < -0.4 is 35.2 Å². The second-order valence-electron chi connectivity index (χ2n) is 15.7. The van der Waals surface area contributed by atoms with Crippen LogP contribution in [0.3, 0.4) is 0 Å². The highest BCUT2D eigenvalue weighted by atomic mass is 16.7. The first-order chi connectivity index (χ1) is 28.9. The molecule has 17 heteroatoms. The molecule has 0 spiro atoms. The third-order valence-corrected chi connectivity index (χ3v) is 12.1. The molecule has 1 saturated heterocycles. The minimum atomic E-state index is -2.20. The highest BCUT2D eigenvalue weighted by Crippen LogP contribution is 2.60. The number of aromatic amines is 1. The number of H-pyrrole nitrogens is 1. The van der Waals surface area contributed by atoms with E-state index in [0.717, 1.165) is 33.2 Å². The number of fused-ring (bicyclic) bond motifs is 8. The fourth-order valence-corrected chi connectivity index (χ4v) is 9.28. The molecule has 0 amide bonds. The summed E-state index contributed by atoms with van der Waals surface area (Å²) in [7, 11) is 3.13. The quantitative estimate of drug-likeness (QED) is 0.0574. The number of nitrogens with zero attached hydrogens (tertiary/aromatic N) is 1. The molecule has 0 saturated carbocycles. The number of carbonyl (C=O) groups is 2. The van der Waals surface area contributed by atoms with Crippen molar-refractivity contribution in [2.45, 2.75) is 92.8 Å². The molecule has 5 aromatic rings. The van der Waals surface area contributed by atoms with Crippen LogP contribution in [-0.2, 0) is 38.4 Å². The Kier molecular flexibility index (Phi) is 10.1. The van der Waals surface area contributed by atoms with Crippen molar-refractivity contribution in [2.24, 2.45) is 11.5 Å². The lowest BCUT2D eigenvalue weighted by Crippen LogP contribution is -2.71. The maximum Gasteiger partial charge on any atom is 0.317 e. The fraction of sp³-hybridized carbons (Fsp3) is 0.395. The van der Waals surface area contributed by atoms with Gasteiger partial charge in [-0.05, 0) is 36.1 Å². The van der Waals surface area contributed by atoms with Gasteiger partial charge in [0.15, 0.2) is 23.2 Å². The average Bonchev–Trinajstić information content (AvgIpc) is 3.91. The van der Waals surface area contributed by atoms with E-state index in [4.69, 9.17) is 49.7 Å². The molecule has 9 rings (SSSR count). The van der Waals surface area contributed by atoms with Gasteiger partial charge >= 0.3 is 11.9 Å². The van der Waals surface area contributed by atoms with Gasteiger partial charge in [0.25, 0.3) is 0 Å². The first-order valence-corrected chi connectivity index (χ1v) is 19.6. The number of aliphatic hydroxyl groups is 3. The molecule has 316 valence electrons. The number of nitrogens with one attached hydrogen (secondary N) is 1. The first kappa shape index (κ1) is 39.6. The second kappa shape index (κ2) is 15.3. The molecular weight excluding hydrogens is 780 g/mol. The number of benzene rings is 3. The van der Waals surface area contributed by atoms with Crippen LogP contribution in [0.4, 0.5) is 0 Å². The minimum Gasteiger partial charge on any atom is -0.493 e. The van der Waals surface area contributed by atoms with Gasteiger partial charge in [0.05, 0.1) is 31.8 Å². The molecule has 17 nitrogen and oxygen atoms in total. The van der Waals surface area contributed by atoms with Crippen molar-refractivity contribution in [3.05, 3.63) is 101 Å². The zero-order valence-electron chi connectivity index (χ0n) is 32.7. The van der Waals surface area contributed by atoms with Crippen molar-refractivity contribution in [1.82, 2.24) is 9.55 Å². The van der Waals surface area contributed by atoms with Crippen molar-refractivity contribution in [3.63, 3.8) is 0 Å². The van der Waals surface area contributed by atoms with Gasteiger partial charge < -0.3 is 74.6 Å². The smallest absolute Gasteiger partial charge is 0.317 e. The van der Waals surface area contributed by atoms with Crippen molar-refractivity contribution >= 4 is 22.8 Å². The van der Waals surface area contributed by atoms with E-state index in [1.165, 1.54) is 0 Å². The van der Waals surface area contributed by atoms with Gasteiger partial charge in [0.1, 0.15) is 48.4 Å². The van der Waals surface area contributed by atoms with E-state index in [0.29, 0.717) is 41.5 Å².